The number of nitrogen functional groups attached to an aromatic ring is 1. The summed E-state index contributed by atoms with van der Waals surface area (Å²) >= 11 is 0. The van der Waals surface area contributed by atoms with E-state index in [0.29, 0.717) is 16.4 Å². The average Bonchev–Trinajstić information content (AvgIpc) is 2.28. The number of nitrogens with two attached hydrogens (primary N) is 1. The summed E-state index contributed by atoms with van der Waals surface area (Å²) in [4.78, 5) is 0. The molecule has 0 aliphatic heterocycles. The Morgan fingerprint density at radius 3 is 2.29 bits per heavy atom. The third-order valence-electron chi connectivity index (χ3n) is 6.31. The smallest absolute Gasteiger partial charge is 0.0386 e. The van der Waals surface area contributed by atoms with E-state index in [1.807, 2.05) is 6.07 Å². The fraction of sp³-hybridized carbons (Fsp3) is 0.684. The van der Waals surface area contributed by atoms with Crippen molar-refractivity contribution >= 4 is 11.4 Å². The summed E-state index contributed by atoms with van der Waals surface area (Å²) in [6.45, 7) is 7.16. The van der Waals surface area contributed by atoms with Crippen molar-refractivity contribution in [1.29, 1.82) is 0 Å². The molecule has 4 aliphatic carbocycles. The molecule has 0 heterocycles. The monoisotopic (exact) mass is 284 g/mol. The molecule has 1 aromatic carbocycles. The molecule has 4 aliphatic rings. The summed E-state index contributed by atoms with van der Waals surface area (Å²) in [5.41, 5.74) is 10.7. The number of hydrogen-bond donors (Lipinski definition) is 2. The van der Waals surface area contributed by atoms with E-state index in [0.717, 1.165) is 11.6 Å². The largest absolute Gasteiger partial charge is 0.399 e. The first-order chi connectivity index (χ1) is 9.79. The van der Waals surface area contributed by atoms with Gasteiger partial charge >= 0.3 is 0 Å². The molecule has 2 nitrogen and oxygen atoms in total. The quantitative estimate of drug-likeness (QED) is 0.770. The molecular weight excluding hydrogens is 256 g/mol. The van der Waals surface area contributed by atoms with Crippen LogP contribution < -0.4 is 11.1 Å². The van der Waals surface area contributed by atoms with E-state index in [2.05, 4.69) is 38.2 Å². The first-order valence-electron chi connectivity index (χ1n) is 8.43. The zero-order valence-electron chi connectivity index (χ0n) is 13.6. The van der Waals surface area contributed by atoms with Gasteiger partial charge in [0.15, 0.2) is 0 Å². The van der Waals surface area contributed by atoms with E-state index in [1.165, 1.54) is 49.8 Å². The van der Waals surface area contributed by atoms with Gasteiger partial charge in [0.2, 0.25) is 0 Å². The third kappa shape index (κ3) is 2.15. The van der Waals surface area contributed by atoms with Crippen LogP contribution in [0.25, 0.3) is 0 Å². The van der Waals surface area contributed by atoms with E-state index >= 15 is 0 Å². The van der Waals surface area contributed by atoms with Gasteiger partial charge in [-0.15, -0.1) is 0 Å². The second-order valence-corrected chi connectivity index (χ2v) is 9.11. The van der Waals surface area contributed by atoms with Crippen LogP contribution in [-0.2, 0) is 0 Å². The van der Waals surface area contributed by atoms with Crippen molar-refractivity contribution in [3.63, 3.8) is 0 Å². The van der Waals surface area contributed by atoms with Crippen molar-refractivity contribution < 1.29 is 0 Å². The van der Waals surface area contributed by atoms with Crippen LogP contribution in [0.5, 0.6) is 0 Å². The maximum atomic E-state index is 5.96. The Kier molecular flexibility index (Phi) is 2.55. The second kappa shape index (κ2) is 3.97. The van der Waals surface area contributed by atoms with E-state index < -0.39 is 0 Å². The first kappa shape index (κ1) is 13.5. The molecule has 2 atom stereocenters. The Morgan fingerprint density at radius 1 is 1.05 bits per heavy atom. The van der Waals surface area contributed by atoms with E-state index in [4.69, 9.17) is 5.73 Å². The standard InChI is InChI=1S/C19H28N2/c1-13-6-15(4-5-16(13)20)21-19-9-14-7-17(2,11-19)10-18(3,8-14)12-19/h4-6,14,21H,7-12,20H2,1-3H3. The lowest BCUT2D eigenvalue weighted by Gasteiger charge is -2.65. The van der Waals surface area contributed by atoms with Crippen LogP contribution in [0.2, 0.25) is 0 Å². The summed E-state index contributed by atoms with van der Waals surface area (Å²) in [5.74, 6) is 0.929. The summed E-state index contributed by atoms with van der Waals surface area (Å²) in [6, 6.07) is 6.42. The Bertz CT molecular complexity index is 573. The summed E-state index contributed by atoms with van der Waals surface area (Å²) < 4.78 is 0. The van der Waals surface area contributed by atoms with Crippen LogP contribution in [0.1, 0.15) is 57.9 Å². The van der Waals surface area contributed by atoms with Gasteiger partial charge in [-0.2, -0.15) is 0 Å². The van der Waals surface area contributed by atoms with Crippen molar-refractivity contribution in [3.05, 3.63) is 23.8 Å². The minimum absolute atomic E-state index is 0.325. The topological polar surface area (TPSA) is 38.0 Å². The van der Waals surface area contributed by atoms with Gasteiger partial charge in [0.1, 0.15) is 0 Å². The van der Waals surface area contributed by atoms with Gasteiger partial charge in [-0.25, -0.2) is 0 Å². The Hall–Kier alpha value is -1.18. The molecule has 0 radical (unpaired) electrons. The normalized spacial score (nSPS) is 44.0. The van der Waals surface area contributed by atoms with Gasteiger partial charge in [0.05, 0.1) is 0 Å². The van der Waals surface area contributed by atoms with E-state index in [1.54, 1.807) is 0 Å². The highest BCUT2D eigenvalue weighted by Gasteiger charge is 2.60. The summed E-state index contributed by atoms with van der Waals surface area (Å²) in [5, 5.41) is 3.95. The van der Waals surface area contributed by atoms with Crippen molar-refractivity contribution in [1.82, 2.24) is 0 Å². The Labute approximate surface area is 128 Å². The van der Waals surface area contributed by atoms with Crippen molar-refractivity contribution in [2.45, 2.75) is 64.8 Å². The van der Waals surface area contributed by atoms with Crippen LogP contribution >= 0.6 is 0 Å². The van der Waals surface area contributed by atoms with Gasteiger partial charge < -0.3 is 11.1 Å². The zero-order chi connectivity index (χ0) is 14.9. The van der Waals surface area contributed by atoms with Crippen molar-refractivity contribution in [3.8, 4) is 0 Å². The number of aryl methyl sites for hydroxylation is 1. The number of rotatable bonds is 2. The van der Waals surface area contributed by atoms with Crippen LogP contribution in [0.3, 0.4) is 0 Å². The molecular formula is C19H28N2. The average molecular weight is 284 g/mol. The molecule has 4 fully saturated rings. The molecule has 1 aromatic rings. The highest BCUT2D eigenvalue weighted by molar-refractivity contribution is 5.58. The lowest BCUT2D eigenvalue weighted by atomic mass is 9.43. The van der Waals surface area contributed by atoms with Gasteiger partial charge in [0.25, 0.3) is 0 Å². The van der Waals surface area contributed by atoms with E-state index in [-0.39, 0.29) is 0 Å². The van der Waals surface area contributed by atoms with Crippen molar-refractivity contribution in [2.75, 3.05) is 11.1 Å². The molecule has 2 unspecified atom stereocenters. The second-order valence-electron chi connectivity index (χ2n) is 9.11. The highest BCUT2D eigenvalue weighted by atomic mass is 15.0. The number of benzene rings is 1. The predicted octanol–water partition coefficient (Wildman–Crippen LogP) is 4.74. The number of nitrogens with one attached hydrogen (secondary N) is 1. The molecule has 3 N–H and O–H groups in total. The SMILES string of the molecule is Cc1cc(NC23CC4CC(C)(CC(C)(C4)C2)C3)ccc1N. The minimum atomic E-state index is 0.325. The molecule has 0 aromatic heterocycles. The summed E-state index contributed by atoms with van der Waals surface area (Å²) in [7, 11) is 0. The first-order valence-corrected chi connectivity index (χ1v) is 8.43. The molecule has 0 spiro atoms. The van der Waals surface area contributed by atoms with Gasteiger partial charge in [-0.05, 0) is 86.0 Å². The Balaban J connectivity index is 1.66. The van der Waals surface area contributed by atoms with Gasteiger partial charge in [-0.1, -0.05) is 13.8 Å². The number of anilines is 2. The molecule has 21 heavy (non-hydrogen) atoms. The predicted molar refractivity (Wildman–Crippen MR) is 89.4 cm³/mol. The van der Waals surface area contributed by atoms with Gasteiger partial charge in [-0.3, -0.25) is 0 Å². The molecule has 2 heteroatoms. The van der Waals surface area contributed by atoms with Crippen LogP contribution in [0.4, 0.5) is 11.4 Å². The molecule has 114 valence electrons. The molecule has 0 saturated heterocycles. The molecule has 0 amide bonds. The molecule has 5 rings (SSSR count). The van der Waals surface area contributed by atoms with Crippen molar-refractivity contribution in [2.24, 2.45) is 16.7 Å². The summed E-state index contributed by atoms with van der Waals surface area (Å²) in [6.07, 6.45) is 8.38. The zero-order valence-corrected chi connectivity index (χ0v) is 13.6. The molecule has 4 bridgehead atoms. The molecule has 4 saturated carbocycles. The fourth-order valence-corrected chi connectivity index (χ4v) is 6.65. The Morgan fingerprint density at radius 2 is 1.71 bits per heavy atom. The van der Waals surface area contributed by atoms with Crippen LogP contribution in [0, 0.1) is 23.7 Å². The lowest BCUT2D eigenvalue weighted by Crippen LogP contribution is -2.61. The minimum Gasteiger partial charge on any atom is -0.399 e. The van der Waals surface area contributed by atoms with E-state index in [9.17, 15) is 0 Å². The highest BCUT2D eigenvalue weighted by Crippen LogP contribution is 2.66. The van der Waals surface area contributed by atoms with Gasteiger partial charge in [0, 0.05) is 16.9 Å². The number of hydrogen-bond acceptors (Lipinski definition) is 2. The fourth-order valence-electron chi connectivity index (χ4n) is 6.65. The lowest BCUT2D eigenvalue weighted by molar-refractivity contribution is -0.0972. The maximum absolute atomic E-state index is 5.96. The van der Waals surface area contributed by atoms with Crippen LogP contribution in [0.15, 0.2) is 18.2 Å². The third-order valence-corrected chi connectivity index (χ3v) is 6.31. The van der Waals surface area contributed by atoms with Crippen LogP contribution in [-0.4, -0.2) is 5.54 Å². The maximum Gasteiger partial charge on any atom is 0.0386 e.